The lowest BCUT2D eigenvalue weighted by molar-refractivity contribution is 0.0697. The molecule has 0 atom stereocenters. The third-order valence-electron chi connectivity index (χ3n) is 5.57. The van der Waals surface area contributed by atoms with E-state index in [1.54, 1.807) is 0 Å². The van der Waals surface area contributed by atoms with Gasteiger partial charge in [-0.25, -0.2) is 4.79 Å². The number of carboxylic acid groups (broad SMARTS) is 1. The lowest BCUT2D eigenvalue weighted by Crippen LogP contribution is -2.18. The fourth-order valence-corrected chi connectivity index (χ4v) is 6.08. The normalized spacial score (nSPS) is 12.5. The number of fused-ring (bicyclic) bond motifs is 2. The molecule has 0 amide bonds. The molecule has 1 aliphatic heterocycles. The van der Waals surface area contributed by atoms with E-state index in [4.69, 9.17) is 21.6 Å². The van der Waals surface area contributed by atoms with Crippen molar-refractivity contribution in [3.05, 3.63) is 59.5 Å². The number of carbonyl (C=O) groups is 1. The molecule has 0 unspecified atom stereocenters. The number of aromatic carboxylic acids is 1. The topological polar surface area (TPSA) is 289 Å². The van der Waals surface area contributed by atoms with Crippen molar-refractivity contribution in [2.75, 3.05) is 18.2 Å². The largest absolute Gasteiger partial charge is 0.478 e. The van der Waals surface area contributed by atoms with Crippen LogP contribution in [0.3, 0.4) is 0 Å². The van der Waals surface area contributed by atoms with E-state index in [0.717, 1.165) is 6.07 Å². The summed E-state index contributed by atoms with van der Waals surface area (Å²) in [7, 11) is -17.0. The number of rotatable bonds is 7. The number of hydrogen-bond donors (Lipinski definition) is 5. The van der Waals surface area contributed by atoms with Gasteiger partial charge in [-0.2, -0.15) is 25.3 Å². The van der Waals surface area contributed by atoms with E-state index in [0.29, 0.717) is 0 Å². The summed E-state index contributed by atoms with van der Waals surface area (Å²) in [5.41, 5.74) is -1.70. The molecule has 0 bridgehead atoms. The van der Waals surface area contributed by atoms with Gasteiger partial charge in [0, 0.05) is 23.6 Å². The molecule has 1 heterocycles. The van der Waals surface area contributed by atoms with Gasteiger partial charge in [-0.15, -0.1) is 12.6 Å². The Morgan fingerprint density at radius 2 is 1.44 bits per heavy atom. The Bertz CT molecular complexity index is 2250. The average Bonchev–Trinajstić information content (AvgIpc) is 2.87. The fraction of sp³-hybridized carbons (Fsp3) is 0.0909. The van der Waals surface area contributed by atoms with Gasteiger partial charge in [-0.3, -0.25) is 18.7 Å². The molecule has 17 nitrogen and oxygen atoms in total. The van der Waals surface area contributed by atoms with Crippen LogP contribution in [-0.2, 0) is 41.0 Å². The molecule has 43 heavy (non-hydrogen) atoms. The molecule has 5 N–H and O–H groups in total. The highest BCUT2D eigenvalue weighted by molar-refractivity contribution is 7.86. The molecule has 230 valence electrons. The second kappa shape index (κ2) is 12.2. The van der Waals surface area contributed by atoms with E-state index in [2.05, 4.69) is 10.3 Å². The van der Waals surface area contributed by atoms with Crippen LogP contribution in [0.25, 0.3) is 33.4 Å². The number of nitrogens with zero attached hydrogens (tertiary/aromatic N) is 1. The minimum Gasteiger partial charge on any atom is -0.478 e. The summed E-state index contributed by atoms with van der Waals surface area (Å²) in [6.07, 6.45) is 0. The van der Waals surface area contributed by atoms with Crippen LogP contribution >= 0.6 is 0 Å². The van der Waals surface area contributed by atoms with Crippen LogP contribution < -0.4 is 10.7 Å². The summed E-state index contributed by atoms with van der Waals surface area (Å²) < 4.78 is 133. The molecule has 0 fully saturated rings. The van der Waals surface area contributed by atoms with Crippen molar-refractivity contribution in [2.24, 2.45) is 4.99 Å². The van der Waals surface area contributed by atoms with Crippen LogP contribution in [0.1, 0.15) is 10.4 Å². The number of carboxylic acids is 1. The zero-order chi connectivity index (χ0) is 32.5. The molecule has 0 aromatic heterocycles. The minimum absolute atomic E-state index is 0.0155. The first-order chi connectivity index (χ1) is 19.8. The second-order valence-electron chi connectivity index (χ2n) is 8.22. The predicted octanol–water partition coefficient (Wildman–Crippen LogP) is 1.18. The molecule has 4 rings (SSSR count). The van der Waals surface area contributed by atoms with Gasteiger partial charge >= 0.3 is 16.6 Å². The van der Waals surface area contributed by atoms with Gasteiger partial charge in [0.2, 0.25) is 0 Å². The molecule has 2 aromatic rings. The van der Waals surface area contributed by atoms with Gasteiger partial charge in [0.15, 0.2) is 21.1 Å². The van der Waals surface area contributed by atoms with E-state index in [1.807, 2.05) is 0 Å². The van der Waals surface area contributed by atoms with E-state index in [9.17, 15) is 44.3 Å². The van der Waals surface area contributed by atoms with Crippen LogP contribution in [0.2, 0.25) is 0 Å². The van der Waals surface area contributed by atoms with E-state index < -0.39 is 79.6 Å². The highest BCUT2D eigenvalue weighted by Gasteiger charge is 2.32. The highest BCUT2D eigenvalue weighted by atomic mass is 32.2. The Balaban J connectivity index is 0.00000119. The molecule has 1 aliphatic carbocycles. The molecule has 0 radical (unpaired) electrons. The van der Waals surface area contributed by atoms with Crippen molar-refractivity contribution in [2.45, 2.75) is 9.79 Å². The van der Waals surface area contributed by atoms with Crippen molar-refractivity contribution >= 4 is 63.6 Å². The second-order valence-corrected chi connectivity index (χ2v) is 12.8. The first-order valence-corrected chi connectivity index (χ1v) is 16.5. The van der Waals surface area contributed by atoms with Crippen molar-refractivity contribution in [1.82, 2.24) is 0 Å². The number of nitrogens with one attached hydrogen (secondary N) is 1. The molecule has 2 aromatic carbocycles. The zero-order valence-corrected chi connectivity index (χ0v) is 24.5. The Kier molecular flexibility index (Phi) is 9.40. The van der Waals surface area contributed by atoms with Gasteiger partial charge < -0.3 is 14.8 Å². The summed E-state index contributed by atoms with van der Waals surface area (Å²) in [5, 5.41) is 11.5. The first kappa shape index (κ1) is 33.3. The van der Waals surface area contributed by atoms with Crippen molar-refractivity contribution in [1.29, 1.82) is 0 Å². The molecular formula is C22H18N2O15S4. The van der Waals surface area contributed by atoms with Gasteiger partial charge in [0.05, 0.1) is 16.6 Å². The monoisotopic (exact) mass is 678 g/mol. The van der Waals surface area contributed by atoms with Crippen LogP contribution in [-0.4, -0.2) is 75.5 Å². The van der Waals surface area contributed by atoms with Crippen LogP contribution in [0.4, 0.5) is 5.69 Å². The zero-order valence-electron chi connectivity index (χ0n) is 21.2. The Morgan fingerprint density at radius 1 is 0.860 bits per heavy atom. The summed E-state index contributed by atoms with van der Waals surface area (Å²) in [6, 6.07) is 10.3. The summed E-state index contributed by atoms with van der Waals surface area (Å²) in [5.74, 6) is -3.21. The van der Waals surface area contributed by atoms with E-state index >= 15 is 0 Å². The smallest absolute Gasteiger partial charge is 0.425 e. The predicted molar refractivity (Wildman–Crippen MR) is 146 cm³/mol. The number of anilines is 1. The average molecular weight is 679 g/mol. The first-order valence-electron chi connectivity index (χ1n) is 11.0. The summed E-state index contributed by atoms with van der Waals surface area (Å²) >= 11 is 0. The van der Waals surface area contributed by atoms with Crippen molar-refractivity contribution in [3.63, 3.8) is 0 Å². The third-order valence-corrected chi connectivity index (χ3v) is 7.92. The Morgan fingerprint density at radius 3 is 1.95 bits per heavy atom. The number of hydrogen-bond acceptors (Lipinski definition) is 13. The maximum Gasteiger partial charge on any atom is 0.425 e. The summed E-state index contributed by atoms with van der Waals surface area (Å²) in [4.78, 5) is 13.9. The van der Waals surface area contributed by atoms with Gasteiger partial charge in [-0.1, -0.05) is 18.2 Å². The molecule has 0 spiro atoms. The van der Waals surface area contributed by atoms with Gasteiger partial charge in [-0.05, 0) is 35.9 Å². The fourth-order valence-electron chi connectivity index (χ4n) is 4.13. The van der Waals surface area contributed by atoms with Gasteiger partial charge in [0.1, 0.15) is 5.88 Å². The maximum absolute atomic E-state index is 12.5. The Hall–Kier alpha value is -4.25. The highest BCUT2D eigenvalue weighted by Crippen LogP contribution is 2.46. The van der Waals surface area contributed by atoms with E-state index in [1.165, 1.54) is 49.5 Å². The number of benzene rings is 3. The standard InChI is InChI=1S/C22H18N2O12S3.O3S/c1-23-15-8-6-13-17(11-4-2-3-5-12(11)22(25)26)14-7-9-16(24-10-37(27,28)29)21(39(33,34)35)19(14)36-18(13)20(15)38(30,31)32;1-4(2)3/h2-9,24H,10H2,1H3,(H,25,26)(H,27,28,29)(H,30,31,32)(H,33,34,35);. The molecular weight excluding hydrogens is 661 g/mol. The van der Waals surface area contributed by atoms with Crippen LogP contribution in [0, 0.1) is 0 Å². The molecule has 21 heteroatoms. The van der Waals surface area contributed by atoms with Crippen LogP contribution in [0.15, 0.2) is 67.7 Å². The molecule has 0 saturated carbocycles. The van der Waals surface area contributed by atoms with Crippen molar-refractivity contribution < 1.29 is 65.9 Å². The minimum atomic E-state index is -5.27. The lowest BCUT2D eigenvalue weighted by atomic mass is 9.90. The van der Waals surface area contributed by atoms with Crippen molar-refractivity contribution in [3.8, 4) is 22.5 Å². The van der Waals surface area contributed by atoms with Crippen LogP contribution in [0.5, 0.6) is 0 Å². The maximum atomic E-state index is 12.5. The Labute approximate surface area is 243 Å². The third kappa shape index (κ3) is 7.40. The van der Waals surface area contributed by atoms with Gasteiger partial charge in [0.25, 0.3) is 30.4 Å². The molecule has 0 saturated heterocycles. The van der Waals surface area contributed by atoms with E-state index in [-0.39, 0.29) is 33.0 Å². The SMILES string of the molecule is CN=c1ccc2c(-c3ccccc3C(=O)O)c3ccc(NCS(=O)(=O)O)c(S(=O)(=O)O)c3oc-2c1S(=O)(=O)O.O=S(=O)=O. The quantitative estimate of drug-likeness (QED) is 0.135. The molecule has 2 aliphatic rings. The summed E-state index contributed by atoms with van der Waals surface area (Å²) in [6.45, 7) is 0. The lowest BCUT2D eigenvalue weighted by Gasteiger charge is -2.20.